The molecule has 3 aromatic heterocycles. The lowest BCUT2D eigenvalue weighted by Gasteiger charge is -2.26. The molecular formula is C29H30N6O4. The van der Waals surface area contributed by atoms with Crippen molar-refractivity contribution in [2.75, 3.05) is 13.2 Å². The van der Waals surface area contributed by atoms with Crippen LogP contribution in [-0.2, 0) is 17.6 Å². The van der Waals surface area contributed by atoms with Crippen LogP contribution >= 0.6 is 0 Å². The summed E-state index contributed by atoms with van der Waals surface area (Å²) in [6.45, 7) is 5.24. The number of rotatable bonds is 7. The maximum Gasteiger partial charge on any atom is 0.439 e. The molecule has 10 nitrogen and oxygen atoms in total. The number of aromatic nitrogens is 6. The number of ether oxygens (including phenoxy) is 1. The third-order valence-electron chi connectivity index (χ3n) is 7.30. The molecule has 0 aliphatic carbocycles. The van der Waals surface area contributed by atoms with Gasteiger partial charge in [-0.25, -0.2) is 9.31 Å². The molecule has 0 saturated carbocycles. The number of nitrogens with zero attached hydrogens (tertiary/aromatic N) is 5. The lowest BCUT2D eigenvalue weighted by molar-refractivity contribution is 0.0693. The van der Waals surface area contributed by atoms with Gasteiger partial charge in [-0.05, 0) is 42.9 Å². The molecular weight excluding hydrogens is 496 g/mol. The van der Waals surface area contributed by atoms with E-state index in [4.69, 9.17) is 14.4 Å². The molecule has 39 heavy (non-hydrogen) atoms. The lowest BCUT2D eigenvalue weighted by Crippen LogP contribution is -2.34. The molecule has 0 spiro atoms. The van der Waals surface area contributed by atoms with Crippen molar-refractivity contribution in [2.45, 2.75) is 52.0 Å². The van der Waals surface area contributed by atoms with E-state index in [0.29, 0.717) is 37.1 Å². The minimum Gasteiger partial charge on any atom is -0.381 e. The van der Waals surface area contributed by atoms with Crippen LogP contribution in [0.5, 0.6) is 0 Å². The Hall–Kier alpha value is -4.31. The van der Waals surface area contributed by atoms with Crippen LogP contribution in [0.2, 0.25) is 0 Å². The van der Waals surface area contributed by atoms with E-state index in [1.807, 2.05) is 64.5 Å². The van der Waals surface area contributed by atoms with Crippen LogP contribution in [0.25, 0.3) is 28.3 Å². The summed E-state index contributed by atoms with van der Waals surface area (Å²) in [7, 11) is 0. The summed E-state index contributed by atoms with van der Waals surface area (Å²) in [6, 6.07) is 15.9. The average molecular weight is 527 g/mol. The smallest absolute Gasteiger partial charge is 0.381 e. The van der Waals surface area contributed by atoms with Crippen molar-refractivity contribution in [1.29, 1.82) is 0 Å². The van der Waals surface area contributed by atoms with E-state index >= 15 is 0 Å². The maximum absolute atomic E-state index is 14.1. The normalized spacial score (nSPS) is 14.3. The average Bonchev–Trinajstić information content (AvgIpc) is 3.57. The Morgan fingerprint density at radius 2 is 1.77 bits per heavy atom. The number of aromatic amines is 1. The van der Waals surface area contributed by atoms with E-state index in [1.54, 1.807) is 0 Å². The van der Waals surface area contributed by atoms with E-state index in [1.165, 1.54) is 0 Å². The van der Waals surface area contributed by atoms with E-state index in [9.17, 15) is 9.59 Å². The second-order valence-corrected chi connectivity index (χ2v) is 9.93. The molecule has 1 aliphatic heterocycles. The Morgan fingerprint density at radius 3 is 2.46 bits per heavy atom. The van der Waals surface area contributed by atoms with Crippen molar-refractivity contribution in [3.8, 4) is 22.5 Å². The first-order valence-electron chi connectivity index (χ1n) is 13.4. The zero-order valence-electron chi connectivity index (χ0n) is 22.0. The van der Waals surface area contributed by atoms with Gasteiger partial charge in [0.25, 0.3) is 5.56 Å². The van der Waals surface area contributed by atoms with Crippen LogP contribution in [-0.4, -0.2) is 42.5 Å². The summed E-state index contributed by atoms with van der Waals surface area (Å²) in [5.74, 6) is 1.06. The standard InChI is InChI=1S/C29H30N6O4/c1-3-6-25-24(27(36)34(21-13-15-38-16-14-21)28-30-18(2)32-35(25)28)17-19-9-11-20(12-10-19)22-7-4-5-8-23(22)26-31-29(37)39-33-26/h4-5,7-12,21H,3,6,13-17H2,1-2H3,(H,31,33,37). The summed E-state index contributed by atoms with van der Waals surface area (Å²) in [5.41, 5.74) is 5.37. The zero-order valence-corrected chi connectivity index (χ0v) is 22.0. The Morgan fingerprint density at radius 1 is 1.03 bits per heavy atom. The van der Waals surface area contributed by atoms with Gasteiger partial charge in [0.15, 0.2) is 5.82 Å². The molecule has 4 heterocycles. The second kappa shape index (κ2) is 10.5. The summed E-state index contributed by atoms with van der Waals surface area (Å²) < 4.78 is 14.0. The van der Waals surface area contributed by atoms with Crippen LogP contribution in [0.3, 0.4) is 0 Å². The van der Waals surface area contributed by atoms with Gasteiger partial charge in [-0.3, -0.25) is 18.9 Å². The van der Waals surface area contributed by atoms with Gasteiger partial charge in [-0.2, -0.15) is 10.1 Å². The van der Waals surface area contributed by atoms with E-state index in [2.05, 4.69) is 22.0 Å². The van der Waals surface area contributed by atoms with Crippen LogP contribution < -0.4 is 11.3 Å². The van der Waals surface area contributed by atoms with Gasteiger partial charge in [-0.1, -0.05) is 67.0 Å². The van der Waals surface area contributed by atoms with Gasteiger partial charge in [-0.15, -0.1) is 0 Å². The van der Waals surface area contributed by atoms with Gasteiger partial charge >= 0.3 is 5.76 Å². The number of nitrogens with one attached hydrogen (secondary N) is 1. The molecule has 10 heteroatoms. The molecule has 5 aromatic rings. The predicted octanol–water partition coefficient (Wildman–Crippen LogP) is 4.10. The molecule has 1 aliphatic rings. The van der Waals surface area contributed by atoms with Crippen LogP contribution in [0.15, 0.2) is 62.6 Å². The summed E-state index contributed by atoms with van der Waals surface area (Å²) in [5, 5.41) is 8.55. The predicted molar refractivity (Wildman–Crippen MR) is 146 cm³/mol. The minimum absolute atomic E-state index is 0.00894. The Balaban J connectivity index is 1.41. The molecule has 0 atom stereocenters. The number of hydrogen-bond acceptors (Lipinski definition) is 7. The number of benzene rings is 2. The number of aryl methyl sites for hydroxylation is 2. The molecule has 0 radical (unpaired) electrons. The van der Waals surface area contributed by atoms with Gasteiger partial charge in [0, 0.05) is 36.8 Å². The van der Waals surface area contributed by atoms with Crippen LogP contribution in [0.1, 0.15) is 54.9 Å². The number of hydrogen-bond donors (Lipinski definition) is 1. The second-order valence-electron chi connectivity index (χ2n) is 9.93. The third-order valence-corrected chi connectivity index (χ3v) is 7.30. The fraction of sp³-hybridized carbons (Fsp3) is 0.345. The summed E-state index contributed by atoms with van der Waals surface area (Å²) >= 11 is 0. The fourth-order valence-corrected chi connectivity index (χ4v) is 5.47. The Bertz CT molecular complexity index is 1740. The molecule has 1 fully saturated rings. The van der Waals surface area contributed by atoms with E-state index in [0.717, 1.165) is 59.2 Å². The maximum atomic E-state index is 14.1. The first kappa shape index (κ1) is 25.0. The molecule has 0 bridgehead atoms. The van der Waals surface area contributed by atoms with Crippen molar-refractivity contribution in [3.05, 3.63) is 92.1 Å². The monoisotopic (exact) mass is 526 g/mol. The van der Waals surface area contributed by atoms with Crippen molar-refractivity contribution >= 4 is 5.78 Å². The van der Waals surface area contributed by atoms with E-state index < -0.39 is 5.76 Å². The van der Waals surface area contributed by atoms with Gasteiger partial charge in [0.1, 0.15) is 5.82 Å². The molecule has 200 valence electrons. The molecule has 0 unspecified atom stereocenters. The topological polar surface area (TPSA) is 120 Å². The first-order chi connectivity index (χ1) is 19.0. The summed E-state index contributed by atoms with van der Waals surface area (Å²) in [4.78, 5) is 32.9. The van der Waals surface area contributed by atoms with Crippen molar-refractivity contribution in [1.82, 2.24) is 29.3 Å². The highest BCUT2D eigenvalue weighted by Crippen LogP contribution is 2.30. The zero-order chi connectivity index (χ0) is 26.9. The highest BCUT2D eigenvalue weighted by atomic mass is 16.5. The Kier molecular flexibility index (Phi) is 6.70. The largest absolute Gasteiger partial charge is 0.439 e. The minimum atomic E-state index is -0.594. The number of H-pyrrole nitrogens is 1. The van der Waals surface area contributed by atoms with Gasteiger partial charge in [0.05, 0.1) is 5.69 Å². The molecule has 0 amide bonds. The SMILES string of the molecule is CCCc1c(Cc2ccc(-c3ccccc3-c3noc(=O)[nH]3)cc2)c(=O)n(C2CCOCC2)c2nc(C)nn12. The van der Waals surface area contributed by atoms with Crippen LogP contribution in [0.4, 0.5) is 0 Å². The van der Waals surface area contributed by atoms with Gasteiger partial charge < -0.3 is 4.74 Å². The molecule has 6 rings (SSSR count). The lowest BCUT2D eigenvalue weighted by atomic mass is 9.96. The molecule has 1 saturated heterocycles. The number of fused-ring (bicyclic) bond motifs is 1. The van der Waals surface area contributed by atoms with Crippen molar-refractivity contribution in [3.63, 3.8) is 0 Å². The molecule has 1 N–H and O–H groups in total. The highest BCUT2D eigenvalue weighted by Gasteiger charge is 2.25. The van der Waals surface area contributed by atoms with E-state index in [-0.39, 0.29) is 11.6 Å². The van der Waals surface area contributed by atoms with Gasteiger partial charge in [0.2, 0.25) is 5.78 Å². The molecule has 2 aromatic carbocycles. The van der Waals surface area contributed by atoms with Crippen molar-refractivity contribution in [2.24, 2.45) is 0 Å². The Labute approximate surface area is 224 Å². The first-order valence-corrected chi connectivity index (χ1v) is 13.4. The quantitative estimate of drug-likeness (QED) is 0.339. The fourth-order valence-electron chi connectivity index (χ4n) is 5.47. The summed E-state index contributed by atoms with van der Waals surface area (Å²) in [6.07, 6.45) is 3.67. The highest BCUT2D eigenvalue weighted by molar-refractivity contribution is 5.80. The van der Waals surface area contributed by atoms with Crippen molar-refractivity contribution < 1.29 is 9.26 Å². The third kappa shape index (κ3) is 4.72. The van der Waals surface area contributed by atoms with Crippen LogP contribution in [0, 0.1) is 6.92 Å².